The van der Waals surface area contributed by atoms with Crippen molar-refractivity contribution in [2.75, 3.05) is 0 Å². The Bertz CT molecular complexity index is 603. The lowest BCUT2D eigenvalue weighted by molar-refractivity contribution is 0.111. The summed E-state index contributed by atoms with van der Waals surface area (Å²) in [6.45, 7) is 0. The molecule has 0 spiro atoms. The maximum absolute atomic E-state index is 11.6. The maximum atomic E-state index is 11.6. The van der Waals surface area contributed by atoms with Gasteiger partial charge in [0.15, 0.2) is 12.0 Å². The predicted molar refractivity (Wildman–Crippen MR) is 56.5 cm³/mol. The molecule has 76 valence electrons. The molecule has 0 aliphatic rings. The lowest BCUT2D eigenvalue weighted by atomic mass is 10.1. The zero-order chi connectivity index (χ0) is 11.0. The van der Waals surface area contributed by atoms with E-state index in [4.69, 9.17) is 11.8 Å². The largest absolute Gasteiger partial charge is 0.505 e. The second kappa shape index (κ2) is 3.40. The average molecular weight is 224 g/mol. The van der Waals surface area contributed by atoms with Crippen molar-refractivity contribution in [3.8, 4) is 5.75 Å². The highest BCUT2D eigenvalue weighted by molar-refractivity contribution is 6.18. The van der Waals surface area contributed by atoms with Gasteiger partial charge in [-0.05, 0) is 6.07 Å². The first-order chi connectivity index (χ1) is 7.16. The fraction of sp³-hybridized carbons (Fsp3) is 0. The van der Waals surface area contributed by atoms with Crippen LogP contribution in [-0.4, -0.2) is 15.5 Å². The number of benzene rings is 1. The third-order valence-electron chi connectivity index (χ3n) is 2.16. The van der Waals surface area contributed by atoms with E-state index in [2.05, 4.69) is 0 Å². The summed E-state index contributed by atoms with van der Waals surface area (Å²) in [7, 11) is 0. The Morgan fingerprint density at radius 1 is 1.27 bits per heavy atom. The molecule has 0 saturated heterocycles. The van der Waals surface area contributed by atoms with Gasteiger partial charge < -0.3 is 5.11 Å². The lowest BCUT2D eigenvalue weighted by Gasteiger charge is -2.05. The number of carbonyl (C=O) groups is 1. The van der Waals surface area contributed by atoms with Crippen LogP contribution in [0.5, 0.6) is 5.75 Å². The number of hydrogen-bond acceptors (Lipinski definition) is 3. The molecule has 0 unspecified atom stereocenters. The van der Waals surface area contributed by atoms with E-state index < -0.39 is 5.56 Å². The Labute approximate surface area is 89.4 Å². The lowest BCUT2D eigenvalue weighted by Crippen LogP contribution is -2.16. The molecule has 2 rings (SSSR count). The fourth-order valence-electron chi connectivity index (χ4n) is 1.42. The molecule has 4 nitrogen and oxygen atoms in total. The van der Waals surface area contributed by atoms with Gasteiger partial charge in [0, 0.05) is 17.2 Å². The van der Waals surface area contributed by atoms with Crippen molar-refractivity contribution in [3.05, 3.63) is 40.3 Å². The highest BCUT2D eigenvalue weighted by Gasteiger charge is 2.13. The van der Waals surface area contributed by atoms with Gasteiger partial charge in [-0.3, -0.25) is 9.59 Å². The Balaban J connectivity index is 3.09. The summed E-state index contributed by atoms with van der Waals surface area (Å²) in [5.41, 5.74) is -0.757. The first-order valence-corrected chi connectivity index (χ1v) is 4.48. The highest BCUT2D eigenvalue weighted by Crippen LogP contribution is 2.25. The van der Waals surface area contributed by atoms with Crippen molar-refractivity contribution in [2.24, 2.45) is 0 Å². The van der Waals surface area contributed by atoms with Gasteiger partial charge in [0.1, 0.15) is 5.69 Å². The molecule has 1 aromatic carbocycles. The van der Waals surface area contributed by atoms with Crippen molar-refractivity contribution in [1.82, 2.24) is 4.09 Å². The van der Waals surface area contributed by atoms with Gasteiger partial charge in [-0.15, -0.1) is 0 Å². The van der Waals surface area contributed by atoms with Crippen LogP contribution in [0.15, 0.2) is 29.1 Å². The molecule has 1 aromatic heterocycles. The summed E-state index contributed by atoms with van der Waals surface area (Å²) in [6, 6.07) is 6.40. The van der Waals surface area contributed by atoms with Crippen LogP contribution < -0.4 is 5.56 Å². The first-order valence-electron chi connectivity index (χ1n) is 4.15. The van der Waals surface area contributed by atoms with Crippen LogP contribution in [0.1, 0.15) is 10.5 Å². The van der Waals surface area contributed by atoms with E-state index in [1.54, 1.807) is 18.2 Å². The van der Waals surface area contributed by atoms with Crippen LogP contribution in [0.4, 0.5) is 0 Å². The van der Waals surface area contributed by atoms with Crippen LogP contribution >= 0.6 is 11.8 Å². The first kappa shape index (κ1) is 9.73. The summed E-state index contributed by atoms with van der Waals surface area (Å²) >= 11 is 5.59. The molecule has 1 heterocycles. The summed E-state index contributed by atoms with van der Waals surface area (Å²) < 4.78 is 0.616. The van der Waals surface area contributed by atoms with Gasteiger partial charge in [-0.25, -0.2) is 4.09 Å². The number of nitrogens with zero attached hydrogens (tertiary/aromatic N) is 1. The summed E-state index contributed by atoms with van der Waals surface area (Å²) in [5, 5.41) is 10.3. The number of hydrogen-bond donors (Lipinski definition) is 1. The van der Waals surface area contributed by atoms with Crippen LogP contribution in [0.25, 0.3) is 10.8 Å². The molecule has 0 fully saturated rings. The molecule has 0 atom stereocenters. The molecule has 2 aromatic rings. The highest BCUT2D eigenvalue weighted by atomic mass is 35.5. The van der Waals surface area contributed by atoms with Crippen LogP contribution in [0, 0.1) is 0 Å². The third-order valence-corrected chi connectivity index (χ3v) is 2.49. The Kier molecular flexibility index (Phi) is 2.21. The quantitative estimate of drug-likeness (QED) is 0.746. The number of aromatic nitrogens is 1. The molecule has 15 heavy (non-hydrogen) atoms. The summed E-state index contributed by atoms with van der Waals surface area (Å²) in [5.74, 6) is -0.282. The van der Waals surface area contributed by atoms with Gasteiger partial charge in [0.25, 0.3) is 5.56 Å². The van der Waals surface area contributed by atoms with Crippen LogP contribution in [0.2, 0.25) is 0 Å². The standard InChI is InChI=1S/C10H6ClNO3/c11-12-8(5-13)9(14)6-3-1-2-4-7(6)10(12)15/h1-5,14H. The number of aromatic hydroxyl groups is 1. The zero-order valence-electron chi connectivity index (χ0n) is 7.48. The van der Waals surface area contributed by atoms with Crippen molar-refractivity contribution in [3.63, 3.8) is 0 Å². The SMILES string of the molecule is O=Cc1c(O)c2ccccc2c(=O)n1Cl. The van der Waals surface area contributed by atoms with Gasteiger partial charge in [-0.2, -0.15) is 0 Å². The molecule has 0 aliphatic heterocycles. The second-order valence-corrected chi connectivity index (χ2v) is 3.32. The average Bonchev–Trinajstić information content (AvgIpc) is 2.27. The smallest absolute Gasteiger partial charge is 0.273 e. The van der Waals surface area contributed by atoms with E-state index >= 15 is 0 Å². The third kappa shape index (κ3) is 1.30. The topological polar surface area (TPSA) is 59.3 Å². The van der Waals surface area contributed by atoms with E-state index in [1.807, 2.05) is 0 Å². The molecule has 5 heteroatoms. The molecule has 1 N–H and O–H groups in total. The minimum absolute atomic E-state index is 0.236. The van der Waals surface area contributed by atoms with E-state index in [1.165, 1.54) is 6.07 Å². The number of rotatable bonds is 1. The van der Waals surface area contributed by atoms with Crippen molar-refractivity contribution in [1.29, 1.82) is 0 Å². The molecule has 0 amide bonds. The number of carbonyl (C=O) groups excluding carboxylic acids is 1. The van der Waals surface area contributed by atoms with Crippen molar-refractivity contribution < 1.29 is 9.90 Å². The summed E-state index contributed by atoms with van der Waals surface area (Å²) in [6.07, 6.45) is 0.343. The molecule has 0 saturated carbocycles. The fourth-order valence-corrected chi connectivity index (χ4v) is 1.64. The molecular weight excluding hydrogens is 218 g/mol. The normalized spacial score (nSPS) is 10.5. The zero-order valence-corrected chi connectivity index (χ0v) is 8.23. The van der Waals surface area contributed by atoms with E-state index in [9.17, 15) is 14.7 Å². The predicted octanol–water partition coefficient (Wildman–Crippen LogP) is 1.52. The second-order valence-electron chi connectivity index (χ2n) is 2.98. The van der Waals surface area contributed by atoms with Crippen LogP contribution in [0.3, 0.4) is 0 Å². The van der Waals surface area contributed by atoms with E-state index in [-0.39, 0.29) is 16.8 Å². The van der Waals surface area contributed by atoms with Crippen molar-refractivity contribution >= 4 is 28.8 Å². The Hall–Kier alpha value is -1.81. The molecule has 0 radical (unpaired) electrons. The molecular formula is C10H6ClNO3. The molecule has 0 aliphatic carbocycles. The van der Waals surface area contributed by atoms with Gasteiger partial charge in [0.05, 0.1) is 5.39 Å². The van der Waals surface area contributed by atoms with Crippen LogP contribution in [-0.2, 0) is 0 Å². The van der Waals surface area contributed by atoms with E-state index in [0.717, 1.165) is 0 Å². The minimum Gasteiger partial charge on any atom is -0.505 e. The number of fused-ring (bicyclic) bond motifs is 1. The minimum atomic E-state index is -0.521. The Morgan fingerprint density at radius 2 is 1.87 bits per heavy atom. The van der Waals surface area contributed by atoms with Gasteiger partial charge >= 0.3 is 0 Å². The summed E-state index contributed by atoms with van der Waals surface area (Å²) in [4.78, 5) is 22.3. The Morgan fingerprint density at radius 3 is 2.47 bits per heavy atom. The molecule has 0 bridgehead atoms. The number of halogens is 1. The monoisotopic (exact) mass is 223 g/mol. The number of pyridine rings is 1. The van der Waals surface area contributed by atoms with E-state index in [0.29, 0.717) is 15.8 Å². The van der Waals surface area contributed by atoms with Gasteiger partial charge in [0.2, 0.25) is 0 Å². The van der Waals surface area contributed by atoms with Crippen molar-refractivity contribution in [2.45, 2.75) is 0 Å². The van der Waals surface area contributed by atoms with Gasteiger partial charge in [-0.1, -0.05) is 18.2 Å². The number of aldehydes is 1. The maximum Gasteiger partial charge on any atom is 0.273 e.